The molecule has 5 aromatic rings. The molecule has 5 N–H and O–H groups in total. The maximum absolute atomic E-state index is 14.2. The molecule has 0 spiro atoms. The molecule has 0 aliphatic carbocycles. The zero-order chi connectivity index (χ0) is 68.0. The second-order valence-corrected chi connectivity index (χ2v) is 26.1. The molecule has 2 amide bonds. The number of nitrogens with one attached hydrogen (secondary N) is 3. The summed E-state index contributed by atoms with van der Waals surface area (Å²) < 4.78 is 66.1. The molecule has 1 aliphatic rings. The van der Waals surface area contributed by atoms with Crippen molar-refractivity contribution in [1.82, 2.24) is 34.6 Å². The van der Waals surface area contributed by atoms with Crippen molar-refractivity contribution in [2.24, 2.45) is 0 Å². The number of anilines is 4. The van der Waals surface area contributed by atoms with Crippen molar-refractivity contribution >= 4 is 135 Å². The fourth-order valence-corrected chi connectivity index (χ4v) is 8.89. The van der Waals surface area contributed by atoms with Crippen LogP contribution in [0.1, 0.15) is 77.5 Å². The number of carbonyl (C=O) groups excluding carboxylic acids is 3. The highest BCUT2D eigenvalue weighted by Gasteiger charge is 2.32. The molecule has 4 unspecified atom stereocenters. The number of carboxylic acid groups (broad SMARTS) is 1. The third kappa shape index (κ3) is 28.9. The van der Waals surface area contributed by atoms with Crippen LogP contribution in [0.5, 0.6) is 5.75 Å². The number of aryl methyl sites for hydroxylation is 3. The van der Waals surface area contributed by atoms with Crippen molar-refractivity contribution in [3.05, 3.63) is 104 Å². The topological polar surface area (TPSA) is 298 Å². The van der Waals surface area contributed by atoms with Crippen LogP contribution in [0.3, 0.4) is 0 Å². The van der Waals surface area contributed by atoms with E-state index in [1.165, 1.54) is 6.92 Å². The first-order valence-electron chi connectivity index (χ1n) is 27.0. The van der Waals surface area contributed by atoms with E-state index in [2.05, 4.69) is 62.4 Å². The number of aliphatic carboxylic acids is 1. The van der Waals surface area contributed by atoms with Gasteiger partial charge in [0.25, 0.3) is 5.91 Å². The molecule has 498 valence electrons. The standard InChI is InChI=1S/C15H14Cl2F3N3O3.C15H22ClNO2.C11H11Cl2NO2.C8H14ClN5.C3H8NO5P.C3H9S/c1-3-26-13(24)10(17)4-8-5-12(11(18)6-9(8)16)23-15(25)22(14(19)20)7(2)21-23;1-5-13-8-6-7-11(2)15(13)17(14(18)9-16)12(3)10-19-4;1-7-6-16-9-5-3-2-4-8(9)14(7)11(15)10(12)13;1-4-10-7-12-6(9)13-8(14-7)11-5(2)3;5-3(6)1-4-2-10(7,8)9;1-4(2)3/h5-6,10,14H,3-4H2,1-2H3;6-8,12H,5,9-10H2,1-4H3;2-5,7,10H,6H2,1H3;5H,4H2,1-3H3,(H2,10,11,12,13,14);4H,1-2H2,(H,5,6)(H2,7,8,9);1-3H3/q;;;;;+1/p-1. The minimum absolute atomic E-state index is 0.0223. The predicted octanol–water partition coefficient (Wildman–Crippen LogP) is 9.45. The summed E-state index contributed by atoms with van der Waals surface area (Å²) in [6.45, 7) is 15.0. The van der Waals surface area contributed by atoms with Gasteiger partial charge in [0.15, 0.2) is 10.7 Å². The van der Waals surface area contributed by atoms with Crippen LogP contribution in [-0.2, 0) is 57.0 Å². The van der Waals surface area contributed by atoms with Gasteiger partial charge in [-0.05, 0) is 125 Å². The van der Waals surface area contributed by atoms with Crippen LogP contribution >= 0.6 is 77.2 Å². The van der Waals surface area contributed by atoms with E-state index in [-0.39, 0.29) is 80.8 Å². The number of benzene rings is 3. The van der Waals surface area contributed by atoms with Crippen LogP contribution in [-0.4, -0.2) is 162 Å². The van der Waals surface area contributed by atoms with Gasteiger partial charge in [0.05, 0.1) is 68.3 Å². The second-order valence-electron chi connectivity index (χ2n) is 19.4. The Morgan fingerprint density at radius 2 is 1.57 bits per heavy atom. The van der Waals surface area contributed by atoms with Gasteiger partial charge in [-0.15, -0.1) is 28.3 Å². The van der Waals surface area contributed by atoms with Gasteiger partial charge < -0.3 is 54.1 Å². The first-order valence-corrected chi connectivity index (χ1v) is 33.8. The highest BCUT2D eigenvalue weighted by Crippen LogP contribution is 2.35. The first kappa shape index (κ1) is 81.9. The normalized spacial score (nSPS) is 13.6. The lowest BCUT2D eigenvalue weighted by molar-refractivity contribution is -0.193. The Morgan fingerprint density at radius 1 is 0.955 bits per heavy atom. The van der Waals surface area contributed by atoms with Crippen molar-refractivity contribution in [2.45, 2.75) is 110 Å². The third-order valence-corrected chi connectivity index (χ3v) is 13.1. The number of aromatic nitrogens is 6. The van der Waals surface area contributed by atoms with Gasteiger partial charge >= 0.3 is 24.2 Å². The van der Waals surface area contributed by atoms with Gasteiger partial charge in [0, 0.05) is 31.1 Å². The maximum Gasteiger partial charge on any atom is 0.355 e. The van der Waals surface area contributed by atoms with Crippen LogP contribution in [0.4, 0.5) is 36.4 Å². The number of carboxylic acids is 1. The van der Waals surface area contributed by atoms with E-state index in [9.17, 15) is 46.6 Å². The number of amides is 2. The number of esters is 1. The van der Waals surface area contributed by atoms with Gasteiger partial charge in [-0.2, -0.15) is 28.4 Å². The average Bonchev–Trinajstić information content (AvgIpc) is 1.99. The molecule has 2 aromatic heterocycles. The molecule has 0 bridgehead atoms. The van der Waals surface area contributed by atoms with Gasteiger partial charge in [0.2, 0.25) is 23.1 Å². The van der Waals surface area contributed by atoms with E-state index in [4.69, 9.17) is 93.8 Å². The molecule has 4 atom stereocenters. The van der Waals surface area contributed by atoms with Gasteiger partial charge in [-0.1, -0.05) is 72.1 Å². The van der Waals surface area contributed by atoms with Crippen LogP contribution in [0.15, 0.2) is 59.4 Å². The Hall–Kier alpha value is -5.16. The number of para-hydroxylation sites is 3. The number of hydrogen-bond acceptors (Lipinski definition) is 17. The predicted molar refractivity (Wildman–Crippen MR) is 346 cm³/mol. The largest absolute Gasteiger partial charge is 0.778 e. The maximum atomic E-state index is 14.2. The Labute approximate surface area is 549 Å². The molecular weight excluding hydrogens is 1340 g/mol. The fraction of sp³-hybridized carbons (Fsp3) is 0.509. The van der Waals surface area contributed by atoms with Crippen molar-refractivity contribution in [1.29, 1.82) is 0 Å². The molecule has 23 nitrogen and oxygen atoms in total. The molecular formula is C55H77Cl6F3N11O12PS. The molecule has 6 rings (SSSR count). The number of ether oxygens (including phenoxy) is 3. The summed E-state index contributed by atoms with van der Waals surface area (Å²) >= 11 is 34.6. The third-order valence-electron chi connectivity index (χ3n) is 11.1. The number of rotatable bonds is 21. The summed E-state index contributed by atoms with van der Waals surface area (Å²) in [5.74, 6) is -1.84. The molecule has 0 fully saturated rings. The van der Waals surface area contributed by atoms with Crippen LogP contribution < -0.4 is 41.1 Å². The summed E-state index contributed by atoms with van der Waals surface area (Å²) in [5, 5.41) is 18.7. The van der Waals surface area contributed by atoms with Gasteiger partial charge in [0.1, 0.15) is 42.7 Å². The average molecular weight is 1420 g/mol. The van der Waals surface area contributed by atoms with E-state index in [0.29, 0.717) is 46.4 Å². The number of carbonyl (C=O) groups is 4. The van der Waals surface area contributed by atoms with Crippen LogP contribution in [0.25, 0.3) is 5.69 Å². The number of methoxy groups -OCH3 is 1. The molecule has 3 aromatic carbocycles. The Kier molecular flexibility index (Phi) is 38.0. The number of nitrogens with zero attached hydrogens (tertiary/aromatic N) is 8. The number of hydrogen-bond donors (Lipinski definition) is 5. The lowest BCUT2D eigenvalue weighted by Crippen LogP contribution is -2.47. The lowest BCUT2D eigenvalue weighted by atomic mass is 10.0. The Morgan fingerprint density at radius 3 is 2.09 bits per heavy atom. The minimum atomic E-state index is -4.35. The zero-order valence-corrected chi connectivity index (χ0v) is 57.6. The molecule has 0 saturated carbocycles. The van der Waals surface area contributed by atoms with Gasteiger partial charge in [-0.25, -0.2) is 13.8 Å². The minimum Gasteiger partial charge on any atom is -0.778 e. The van der Waals surface area contributed by atoms with Crippen LogP contribution in [0.2, 0.25) is 10.3 Å². The Bertz CT molecular complexity index is 3150. The number of halogens is 9. The molecule has 3 heterocycles. The first-order chi connectivity index (χ1) is 41.6. The fourth-order valence-electron chi connectivity index (χ4n) is 7.54. The number of fused-ring (bicyclic) bond motifs is 1. The highest BCUT2D eigenvalue weighted by atomic mass is 35.5. The Balaban J connectivity index is 0.000000565. The summed E-state index contributed by atoms with van der Waals surface area (Å²) in [6, 6.07) is 15.6. The molecule has 0 saturated heterocycles. The van der Waals surface area contributed by atoms with Gasteiger partial charge in [-0.3, -0.25) is 24.5 Å². The van der Waals surface area contributed by atoms with Crippen molar-refractivity contribution in [3.8, 4) is 11.4 Å². The van der Waals surface area contributed by atoms with Crippen molar-refractivity contribution in [3.63, 3.8) is 0 Å². The van der Waals surface area contributed by atoms with E-state index in [1.54, 1.807) is 23.8 Å². The molecule has 1 aliphatic heterocycles. The van der Waals surface area contributed by atoms with E-state index < -0.39 is 60.6 Å². The van der Waals surface area contributed by atoms with Crippen LogP contribution in [0, 0.1) is 19.7 Å². The van der Waals surface area contributed by atoms with Crippen molar-refractivity contribution in [2.75, 3.05) is 91.4 Å². The molecule has 34 heteroatoms. The molecule has 89 heavy (non-hydrogen) atoms. The summed E-state index contributed by atoms with van der Waals surface area (Å²) in [7, 11) is -2.07. The van der Waals surface area contributed by atoms with Crippen molar-refractivity contribution < 1.29 is 66.0 Å². The summed E-state index contributed by atoms with van der Waals surface area (Å²) in [5.41, 5.74) is 2.56. The SMILES string of the molecule is CC1COc2ccccc2N1C(=O)C(Cl)Cl.CCNc1nc(Cl)nc(NC(C)C)n1.CCOC(=O)C(Cl)Cc1cc(-n2nc(C)n(C(F)F)c2=O)c(F)cc1Cl.CCc1cccc(C)c1N(C(=O)CCl)C(C)COC.C[S+](C)C.O=C(O)CNCP(=O)([O-])O. The number of alkyl halides is 6. The highest BCUT2D eigenvalue weighted by molar-refractivity contribution is 7.94. The smallest absolute Gasteiger partial charge is 0.355 e. The molecule has 0 radical (unpaired) electrons. The summed E-state index contributed by atoms with van der Waals surface area (Å²) in [4.78, 5) is 89.9. The second kappa shape index (κ2) is 41.3. The van der Waals surface area contributed by atoms with E-state index >= 15 is 0 Å². The lowest BCUT2D eigenvalue weighted by Gasteiger charge is -2.35. The summed E-state index contributed by atoms with van der Waals surface area (Å²) in [6.07, 6.45) is 6.64. The quantitative estimate of drug-likeness (QED) is 0.0198. The van der Waals surface area contributed by atoms with E-state index in [0.717, 1.165) is 47.6 Å². The monoisotopic (exact) mass is 1410 g/mol. The zero-order valence-electron chi connectivity index (χ0n) is 51.3. The van der Waals surface area contributed by atoms with E-state index in [1.807, 2.05) is 83.3 Å².